The molecule has 2 rings (SSSR count). The SMILES string of the molecule is CCC(=O)N(Cc1ccc(Cl)cc1)[C@@H](C)C(=O)NCc1ccc(C)cc1. The van der Waals surface area contributed by atoms with E-state index in [1.54, 1.807) is 30.9 Å². The lowest BCUT2D eigenvalue weighted by atomic mass is 10.1. The number of carbonyl (C=O) groups excluding carboxylic acids is 2. The van der Waals surface area contributed by atoms with Gasteiger partial charge in [-0.25, -0.2) is 0 Å². The summed E-state index contributed by atoms with van der Waals surface area (Å²) in [6.07, 6.45) is 0.350. The Morgan fingerprint density at radius 3 is 2.19 bits per heavy atom. The summed E-state index contributed by atoms with van der Waals surface area (Å²) in [5.74, 6) is -0.223. The van der Waals surface area contributed by atoms with E-state index in [2.05, 4.69) is 5.32 Å². The van der Waals surface area contributed by atoms with Crippen LogP contribution in [0.15, 0.2) is 48.5 Å². The number of aryl methyl sites for hydroxylation is 1. The number of amides is 2. The van der Waals surface area contributed by atoms with Gasteiger partial charge in [-0.05, 0) is 37.1 Å². The third kappa shape index (κ3) is 5.60. The van der Waals surface area contributed by atoms with Crippen LogP contribution in [0, 0.1) is 6.92 Å². The average Bonchev–Trinajstić information content (AvgIpc) is 2.65. The maximum Gasteiger partial charge on any atom is 0.242 e. The van der Waals surface area contributed by atoms with Gasteiger partial charge in [0, 0.05) is 24.5 Å². The molecular formula is C21H25ClN2O2. The Balaban J connectivity index is 2.03. The molecule has 0 spiro atoms. The number of nitrogens with one attached hydrogen (secondary N) is 1. The molecule has 0 unspecified atom stereocenters. The number of rotatable bonds is 7. The Morgan fingerprint density at radius 2 is 1.62 bits per heavy atom. The summed E-state index contributed by atoms with van der Waals surface area (Å²) in [4.78, 5) is 26.5. The molecule has 4 nitrogen and oxygen atoms in total. The number of carbonyl (C=O) groups is 2. The fourth-order valence-electron chi connectivity index (χ4n) is 2.62. The van der Waals surface area contributed by atoms with Crippen molar-refractivity contribution in [1.82, 2.24) is 10.2 Å². The van der Waals surface area contributed by atoms with Crippen LogP contribution in [0.1, 0.15) is 37.0 Å². The van der Waals surface area contributed by atoms with Crippen molar-refractivity contribution >= 4 is 23.4 Å². The number of benzene rings is 2. The predicted molar refractivity (Wildman–Crippen MR) is 105 cm³/mol. The van der Waals surface area contributed by atoms with Crippen LogP contribution in [-0.2, 0) is 22.7 Å². The van der Waals surface area contributed by atoms with Crippen LogP contribution in [0.2, 0.25) is 5.02 Å². The number of hydrogen-bond donors (Lipinski definition) is 1. The molecule has 1 N–H and O–H groups in total. The van der Waals surface area contributed by atoms with Crippen molar-refractivity contribution in [2.45, 2.75) is 46.3 Å². The monoisotopic (exact) mass is 372 g/mol. The Hall–Kier alpha value is -2.33. The van der Waals surface area contributed by atoms with E-state index in [0.29, 0.717) is 24.5 Å². The maximum absolute atomic E-state index is 12.6. The summed E-state index contributed by atoms with van der Waals surface area (Å²) in [6.45, 7) is 6.40. The minimum Gasteiger partial charge on any atom is -0.350 e. The van der Waals surface area contributed by atoms with Crippen molar-refractivity contribution in [2.24, 2.45) is 0 Å². The normalized spacial score (nSPS) is 11.7. The standard InChI is InChI=1S/C21H25ClN2O2/c1-4-20(25)24(14-18-9-11-19(22)12-10-18)16(3)21(26)23-13-17-7-5-15(2)6-8-17/h5-12,16H,4,13-14H2,1-3H3,(H,23,26)/t16-/m0/s1. The Morgan fingerprint density at radius 1 is 1.04 bits per heavy atom. The van der Waals surface area contributed by atoms with Crippen LogP contribution in [0.25, 0.3) is 0 Å². The number of hydrogen-bond acceptors (Lipinski definition) is 2. The van der Waals surface area contributed by atoms with Crippen LogP contribution in [-0.4, -0.2) is 22.8 Å². The summed E-state index contributed by atoms with van der Waals surface area (Å²) < 4.78 is 0. The zero-order valence-corrected chi connectivity index (χ0v) is 16.2. The van der Waals surface area contributed by atoms with E-state index in [9.17, 15) is 9.59 Å². The molecule has 0 saturated carbocycles. The topological polar surface area (TPSA) is 49.4 Å². The van der Waals surface area contributed by atoms with Gasteiger partial charge >= 0.3 is 0 Å². The minimum absolute atomic E-state index is 0.0575. The van der Waals surface area contributed by atoms with Gasteiger partial charge in [-0.15, -0.1) is 0 Å². The van der Waals surface area contributed by atoms with Gasteiger partial charge in [0.15, 0.2) is 0 Å². The molecule has 2 aromatic carbocycles. The van der Waals surface area contributed by atoms with Gasteiger partial charge in [0.2, 0.25) is 11.8 Å². The number of nitrogens with zero attached hydrogens (tertiary/aromatic N) is 1. The lowest BCUT2D eigenvalue weighted by Crippen LogP contribution is -2.47. The molecule has 26 heavy (non-hydrogen) atoms. The van der Waals surface area contributed by atoms with E-state index >= 15 is 0 Å². The first-order valence-electron chi connectivity index (χ1n) is 8.78. The molecule has 0 saturated heterocycles. The van der Waals surface area contributed by atoms with Crippen molar-refractivity contribution in [3.05, 3.63) is 70.2 Å². The first-order valence-corrected chi connectivity index (χ1v) is 9.15. The second-order valence-electron chi connectivity index (χ2n) is 6.38. The largest absolute Gasteiger partial charge is 0.350 e. The van der Waals surface area contributed by atoms with Crippen molar-refractivity contribution in [2.75, 3.05) is 0 Å². The first kappa shape index (κ1) is 20.0. The summed E-state index contributed by atoms with van der Waals surface area (Å²) in [7, 11) is 0. The molecule has 0 bridgehead atoms. The minimum atomic E-state index is -0.552. The molecule has 0 fully saturated rings. The van der Waals surface area contributed by atoms with Crippen molar-refractivity contribution in [3.8, 4) is 0 Å². The molecule has 0 aromatic heterocycles. The van der Waals surface area contributed by atoms with Crippen molar-refractivity contribution < 1.29 is 9.59 Å². The van der Waals surface area contributed by atoms with Crippen LogP contribution in [0.3, 0.4) is 0 Å². The lowest BCUT2D eigenvalue weighted by Gasteiger charge is -2.28. The van der Waals surface area contributed by atoms with Gasteiger partial charge in [-0.2, -0.15) is 0 Å². The first-order chi connectivity index (χ1) is 12.4. The van der Waals surface area contributed by atoms with Gasteiger partial charge in [-0.1, -0.05) is 60.5 Å². The highest BCUT2D eigenvalue weighted by Crippen LogP contribution is 2.14. The van der Waals surface area contributed by atoms with Crippen LogP contribution < -0.4 is 5.32 Å². The van der Waals surface area contributed by atoms with Gasteiger partial charge in [-0.3, -0.25) is 9.59 Å². The Labute approximate surface area is 160 Å². The molecule has 0 aliphatic heterocycles. The highest BCUT2D eigenvalue weighted by atomic mass is 35.5. The third-order valence-electron chi connectivity index (χ3n) is 4.32. The van der Waals surface area contributed by atoms with Gasteiger partial charge in [0.05, 0.1) is 0 Å². The zero-order valence-electron chi connectivity index (χ0n) is 15.5. The smallest absolute Gasteiger partial charge is 0.242 e. The molecule has 0 heterocycles. The Kier molecular flexibility index (Phi) is 7.22. The third-order valence-corrected chi connectivity index (χ3v) is 4.58. The molecule has 1 atom stereocenters. The molecule has 138 valence electrons. The highest BCUT2D eigenvalue weighted by molar-refractivity contribution is 6.30. The lowest BCUT2D eigenvalue weighted by molar-refractivity contribution is -0.140. The molecular weight excluding hydrogens is 348 g/mol. The number of halogens is 1. The molecule has 2 aromatic rings. The van der Waals surface area contributed by atoms with Crippen molar-refractivity contribution in [1.29, 1.82) is 0 Å². The zero-order chi connectivity index (χ0) is 19.1. The van der Waals surface area contributed by atoms with E-state index in [1.165, 1.54) is 5.56 Å². The van der Waals surface area contributed by atoms with E-state index in [1.807, 2.05) is 43.3 Å². The second kappa shape index (κ2) is 9.39. The van der Waals surface area contributed by atoms with Gasteiger partial charge < -0.3 is 10.2 Å². The molecule has 0 radical (unpaired) electrons. The molecule has 0 aliphatic rings. The summed E-state index contributed by atoms with van der Waals surface area (Å²) in [5.41, 5.74) is 3.15. The fraction of sp³-hybridized carbons (Fsp3) is 0.333. The highest BCUT2D eigenvalue weighted by Gasteiger charge is 2.24. The van der Waals surface area contributed by atoms with E-state index in [4.69, 9.17) is 11.6 Å². The summed E-state index contributed by atoms with van der Waals surface area (Å²) in [5, 5.41) is 3.56. The molecule has 2 amide bonds. The van der Waals surface area contributed by atoms with Gasteiger partial charge in [0.25, 0.3) is 0 Å². The second-order valence-corrected chi connectivity index (χ2v) is 6.82. The average molecular weight is 373 g/mol. The summed E-state index contributed by atoms with van der Waals surface area (Å²) in [6, 6.07) is 14.8. The maximum atomic E-state index is 12.6. The van der Waals surface area contributed by atoms with Crippen molar-refractivity contribution in [3.63, 3.8) is 0 Å². The quantitative estimate of drug-likeness (QED) is 0.795. The van der Waals surface area contributed by atoms with Crippen LogP contribution >= 0.6 is 11.6 Å². The summed E-state index contributed by atoms with van der Waals surface area (Å²) >= 11 is 5.92. The van der Waals surface area contributed by atoms with Crippen LogP contribution in [0.5, 0.6) is 0 Å². The fourth-order valence-corrected chi connectivity index (χ4v) is 2.74. The van der Waals surface area contributed by atoms with E-state index in [-0.39, 0.29) is 11.8 Å². The Bertz CT molecular complexity index is 742. The molecule has 0 aliphatic carbocycles. The van der Waals surface area contributed by atoms with E-state index < -0.39 is 6.04 Å². The van der Waals surface area contributed by atoms with Gasteiger partial charge in [0.1, 0.15) is 6.04 Å². The predicted octanol–water partition coefficient (Wildman–Crippen LogP) is 4.09. The molecule has 5 heteroatoms. The van der Waals surface area contributed by atoms with E-state index in [0.717, 1.165) is 11.1 Å². The van der Waals surface area contributed by atoms with Crippen LogP contribution in [0.4, 0.5) is 0 Å².